The Hall–Kier alpha value is -1.60. The molecule has 0 saturated heterocycles. The van der Waals surface area contributed by atoms with E-state index in [0.717, 1.165) is 28.6 Å². The monoisotopic (exact) mass is 398 g/mol. The zero-order chi connectivity index (χ0) is 17.7. The van der Waals surface area contributed by atoms with Crippen LogP contribution in [0.2, 0.25) is 0 Å². The van der Waals surface area contributed by atoms with Crippen LogP contribution in [0.15, 0.2) is 22.7 Å². The Morgan fingerprint density at radius 1 is 1.42 bits per heavy atom. The molecule has 0 bridgehead atoms. The van der Waals surface area contributed by atoms with Gasteiger partial charge < -0.3 is 15.2 Å². The first-order valence-electron chi connectivity index (χ1n) is 8.00. The molecule has 1 aromatic rings. The molecule has 1 aromatic carbocycles. The number of carboxylic acids is 1. The molecule has 0 radical (unpaired) electrons. The quantitative estimate of drug-likeness (QED) is 0.700. The second kappa shape index (κ2) is 8.48. The second-order valence-electron chi connectivity index (χ2n) is 5.98. The van der Waals surface area contributed by atoms with E-state index in [1.54, 1.807) is 7.11 Å². The number of ether oxygens (including phenoxy) is 1. The number of likely N-dealkylation sites (N-methyl/N-ethyl adjacent to an activating group) is 1. The number of carbonyl (C=O) groups is 2. The first kappa shape index (κ1) is 18.7. The molecule has 132 valence electrons. The highest BCUT2D eigenvalue weighted by atomic mass is 79.9. The lowest BCUT2D eigenvalue weighted by molar-refractivity contribution is -0.139. The SMILES string of the molecule is CCN(CC(=O)O)C1CC(NC(=O)Cc2cc(OC)ccc2Br)C1. The summed E-state index contributed by atoms with van der Waals surface area (Å²) in [6.07, 6.45) is 1.88. The Balaban J connectivity index is 1.82. The molecule has 1 aliphatic carbocycles. The lowest BCUT2D eigenvalue weighted by atomic mass is 9.85. The Labute approximate surface area is 150 Å². The standard InChI is InChI=1S/C17H23BrN2O4/c1-3-20(10-17(22)23)13-8-12(9-13)19-16(21)7-11-6-14(24-2)4-5-15(11)18/h4-6,12-13H,3,7-10H2,1-2H3,(H,19,21)(H,22,23). The van der Waals surface area contributed by atoms with E-state index in [1.165, 1.54) is 0 Å². The molecule has 2 rings (SSSR count). The molecule has 0 aromatic heterocycles. The minimum absolute atomic E-state index is 0.0336. The molecular weight excluding hydrogens is 376 g/mol. The molecule has 7 heteroatoms. The highest BCUT2D eigenvalue weighted by molar-refractivity contribution is 9.10. The predicted molar refractivity (Wildman–Crippen MR) is 94.2 cm³/mol. The van der Waals surface area contributed by atoms with E-state index in [9.17, 15) is 9.59 Å². The molecule has 2 N–H and O–H groups in total. The van der Waals surface area contributed by atoms with E-state index in [0.29, 0.717) is 6.54 Å². The van der Waals surface area contributed by atoms with E-state index in [4.69, 9.17) is 9.84 Å². The van der Waals surface area contributed by atoms with Crippen LogP contribution in [0.1, 0.15) is 25.3 Å². The summed E-state index contributed by atoms with van der Waals surface area (Å²) in [5, 5.41) is 11.9. The van der Waals surface area contributed by atoms with Crippen molar-refractivity contribution in [2.24, 2.45) is 0 Å². The Morgan fingerprint density at radius 2 is 2.12 bits per heavy atom. The number of aliphatic carboxylic acids is 1. The first-order chi connectivity index (χ1) is 11.4. The molecule has 24 heavy (non-hydrogen) atoms. The fraction of sp³-hybridized carbons (Fsp3) is 0.529. The van der Waals surface area contributed by atoms with Gasteiger partial charge in [-0.2, -0.15) is 0 Å². The Morgan fingerprint density at radius 3 is 2.71 bits per heavy atom. The number of carboxylic acid groups (broad SMARTS) is 1. The number of amides is 1. The third-order valence-electron chi connectivity index (χ3n) is 4.34. The van der Waals surface area contributed by atoms with E-state index < -0.39 is 5.97 Å². The lowest BCUT2D eigenvalue weighted by Gasteiger charge is -2.42. The van der Waals surface area contributed by atoms with Crippen molar-refractivity contribution >= 4 is 27.8 Å². The summed E-state index contributed by atoms with van der Waals surface area (Å²) >= 11 is 3.45. The molecule has 1 fully saturated rings. The van der Waals surface area contributed by atoms with Crippen LogP contribution in [-0.2, 0) is 16.0 Å². The number of hydrogen-bond acceptors (Lipinski definition) is 4. The smallest absolute Gasteiger partial charge is 0.317 e. The van der Waals surface area contributed by atoms with Crippen LogP contribution < -0.4 is 10.1 Å². The van der Waals surface area contributed by atoms with Crippen LogP contribution >= 0.6 is 15.9 Å². The van der Waals surface area contributed by atoms with Gasteiger partial charge in [0.2, 0.25) is 5.91 Å². The van der Waals surface area contributed by atoms with Gasteiger partial charge in [-0.3, -0.25) is 14.5 Å². The van der Waals surface area contributed by atoms with Crippen LogP contribution in [0.5, 0.6) is 5.75 Å². The summed E-state index contributed by atoms with van der Waals surface area (Å²) in [5.41, 5.74) is 0.879. The minimum atomic E-state index is -0.813. The Bertz CT molecular complexity index is 602. The van der Waals surface area contributed by atoms with Crippen LogP contribution in [0.3, 0.4) is 0 Å². The van der Waals surface area contributed by atoms with Gasteiger partial charge in [0, 0.05) is 16.6 Å². The number of nitrogens with zero attached hydrogens (tertiary/aromatic N) is 1. The Kier molecular flexibility index (Phi) is 6.62. The molecule has 0 unspecified atom stereocenters. The van der Waals surface area contributed by atoms with Gasteiger partial charge in [0.05, 0.1) is 20.1 Å². The van der Waals surface area contributed by atoms with Gasteiger partial charge in [0.1, 0.15) is 5.75 Å². The molecule has 1 amide bonds. The molecule has 1 aliphatic rings. The minimum Gasteiger partial charge on any atom is -0.497 e. The van der Waals surface area contributed by atoms with Gasteiger partial charge in [0.25, 0.3) is 0 Å². The third kappa shape index (κ3) is 4.95. The zero-order valence-electron chi connectivity index (χ0n) is 13.9. The highest BCUT2D eigenvalue weighted by Gasteiger charge is 2.34. The number of nitrogens with one attached hydrogen (secondary N) is 1. The molecule has 1 saturated carbocycles. The van der Waals surface area contributed by atoms with Crippen molar-refractivity contribution in [2.45, 2.75) is 38.3 Å². The summed E-state index contributed by atoms with van der Waals surface area (Å²) < 4.78 is 6.06. The maximum atomic E-state index is 12.2. The van der Waals surface area contributed by atoms with E-state index in [-0.39, 0.29) is 31.0 Å². The summed E-state index contributed by atoms with van der Waals surface area (Å²) in [5.74, 6) is -0.127. The highest BCUT2D eigenvalue weighted by Crippen LogP contribution is 2.26. The van der Waals surface area contributed by atoms with Crippen LogP contribution in [0.4, 0.5) is 0 Å². The van der Waals surface area contributed by atoms with Crippen molar-refractivity contribution in [3.63, 3.8) is 0 Å². The molecule has 0 spiro atoms. The summed E-state index contributed by atoms with van der Waals surface area (Å²) in [6.45, 7) is 2.71. The normalized spacial score (nSPS) is 19.7. The molecular formula is C17H23BrN2O4. The van der Waals surface area contributed by atoms with E-state index >= 15 is 0 Å². The van der Waals surface area contributed by atoms with Gasteiger partial charge in [-0.15, -0.1) is 0 Å². The molecule has 0 atom stereocenters. The van der Waals surface area contributed by atoms with Gasteiger partial charge >= 0.3 is 5.97 Å². The third-order valence-corrected chi connectivity index (χ3v) is 5.12. The van der Waals surface area contributed by atoms with Crippen LogP contribution in [0, 0.1) is 0 Å². The topological polar surface area (TPSA) is 78.9 Å². The summed E-state index contributed by atoms with van der Waals surface area (Å²) in [4.78, 5) is 25.0. The van der Waals surface area contributed by atoms with Crippen molar-refractivity contribution in [3.8, 4) is 5.75 Å². The number of halogens is 1. The molecule has 6 nitrogen and oxygen atoms in total. The fourth-order valence-electron chi connectivity index (χ4n) is 2.94. The first-order valence-corrected chi connectivity index (χ1v) is 8.79. The van der Waals surface area contributed by atoms with E-state index in [1.807, 2.05) is 30.0 Å². The van der Waals surface area contributed by atoms with E-state index in [2.05, 4.69) is 21.2 Å². The summed E-state index contributed by atoms with van der Waals surface area (Å²) in [7, 11) is 1.60. The molecule has 0 heterocycles. The van der Waals surface area contributed by atoms with Crippen LogP contribution in [-0.4, -0.2) is 54.2 Å². The van der Waals surface area contributed by atoms with Crippen LogP contribution in [0.25, 0.3) is 0 Å². The van der Waals surface area contributed by atoms with Crippen molar-refractivity contribution < 1.29 is 19.4 Å². The zero-order valence-corrected chi connectivity index (χ0v) is 15.5. The number of rotatable bonds is 8. The lowest BCUT2D eigenvalue weighted by Crippen LogP contribution is -2.55. The average molecular weight is 399 g/mol. The number of methoxy groups -OCH3 is 1. The average Bonchev–Trinajstić information content (AvgIpc) is 2.50. The van der Waals surface area contributed by atoms with Gasteiger partial charge in [0.15, 0.2) is 0 Å². The largest absolute Gasteiger partial charge is 0.497 e. The van der Waals surface area contributed by atoms with Gasteiger partial charge in [-0.05, 0) is 43.1 Å². The number of carbonyl (C=O) groups excluding carboxylic acids is 1. The van der Waals surface area contributed by atoms with Gasteiger partial charge in [-0.25, -0.2) is 0 Å². The van der Waals surface area contributed by atoms with Crippen molar-refractivity contribution in [1.82, 2.24) is 10.2 Å². The van der Waals surface area contributed by atoms with Crippen molar-refractivity contribution in [2.75, 3.05) is 20.2 Å². The summed E-state index contributed by atoms with van der Waals surface area (Å²) in [6, 6.07) is 5.91. The maximum Gasteiger partial charge on any atom is 0.317 e. The fourth-order valence-corrected chi connectivity index (χ4v) is 3.33. The molecule has 0 aliphatic heterocycles. The predicted octanol–water partition coefficient (Wildman–Crippen LogP) is 2.05. The van der Waals surface area contributed by atoms with Gasteiger partial charge in [-0.1, -0.05) is 22.9 Å². The maximum absolute atomic E-state index is 12.2. The number of benzene rings is 1. The number of hydrogen-bond donors (Lipinski definition) is 2. The van der Waals surface area contributed by atoms with Crippen molar-refractivity contribution in [3.05, 3.63) is 28.2 Å². The van der Waals surface area contributed by atoms with Crippen molar-refractivity contribution in [1.29, 1.82) is 0 Å². The second-order valence-corrected chi connectivity index (χ2v) is 6.83.